The fourth-order valence-corrected chi connectivity index (χ4v) is 2.08. The van der Waals surface area contributed by atoms with E-state index in [1.54, 1.807) is 60.5 Å². The first kappa shape index (κ1) is 17.5. The molecule has 0 atom stereocenters. The highest BCUT2D eigenvalue weighted by molar-refractivity contribution is 6.04. The molecule has 2 amide bonds. The largest absolute Gasteiger partial charge is 0.494 e. The average molecular weight is 326 g/mol. The molecule has 0 aliphatic rings. The third-order valence-corrected chi connectivity index (χ3v) is 3.57. The Balaban J connectivity index is 2.00. The summed E-state index contributed by atoms with van der Waals surface area (Å²) in [5.41, 5.74) is 2.01. The van der Waals surface area contributed by atoms with Crippen LogP contribution in [0.3, 0.4) is 0 Å². The van der Waals surface area contributed by atoms with E-state index in [9.17, 15) is 9.59 Å². The van der Waals surface area contributed by atoms with Crippen molar-refractivity contribution < 1.29 is 14.3 Å². The van der Waals surface area contributed by atoms with Crippen LogP contribution in [0.15, 0.2) is 48.5 Å². The van der Waals surface area contributed by atoms with Gasteiger partial charge in [0.2, 0.25) is 5.91 Å². The molecule has 0 saturated heterocycles. The van der Waals surface area contributed by atoms with Crippen molar-refractivity contribution in [1.82, 2.24) is 0 Å². The molecule has 0 radical (unpaired) electrons. The van der Waals surface area contributed by atoms with Gasteiger partial charge in [-0.25, -0.2) is 0 Å². The summed E-state index contributed by atoms with van der Waals surface area (Å²) in [6.07, 6.45) is 0.942. The molecule has 0 bridgehead atoms. The number of carbonyl (C=O) groups is 2. The molecule has 0 saturated carbocycles. The summed E-state index contributed by atoms with van der Waals surface area (Å²) in [6, 6.07) is 14.2. The Morgan fingerprint density at radius 3 is 2.21 bits per heavy atom. The van der Waals surface area contributed by atoms with Gasteiger partial charge in [0.1, 0.15) is 5.75 Å². The molecule has 0 aromatic heterocycles. The zero-order valence-corrected chi connectivity index (χ0v) is 14.2. The number of benzene rings is 2. The van der Waals surface area contributed by atoms with Crippen molar-refractivity contribution in [2.75, 3.05) is 23.9 Å². The number of anilines is 2. The van der Waals surface area contributed by atoms with Crippen LogP contribution in [0, 0.1) is 0 Å². The number of carbonyl (C=O) groups excluding carboxylic acids is 2. The third-order valence-electron chi connectivity index (χ3n) is 3.57. The molecular formula is C19H22N2O3. The molecule has 2 rings (SSSR count). The van der Waals surface area contributed by atoms with Gasteiger partial charge in [0.25, 0.3) is 5.91 Å². The number of amides is 2. The first-order chi connectivity index (χ1) is 11.5. The number of nitrogens with zero attached hydrogens (tertiary/aromatic N) is 1. The minimum Gasteiger partial charge on any atom is -0.494 e. The van der Waals surface area contributed by atoms with E-state index >= 15 is 0 Å². The highest BCUT2D eigenvalue weighted by Gasteiger charge is 2.08. The van der Waals surface area contributed by atoms with Crippen molar-refractivity contribution in [3.05, 3.63) is 54.1 Å². The predicted octanol–water partition coefficient (Wildman–Crippen LogP) is 3.71. The maximum Gasteiger partial charge on any atom is 0.255 e. The molecule has 2 aromatic carbocycles. The fourth-order valence-electron chi connectivity index (χ4n) is 2.08. The van der Waals surface area contributed by atoms with Crippen LogP contribution in [0.25, 0.3) is 0 Å². The Morgan fingerprint density at radius 1 is 1.04 bits per heavy atom. The molecule has 0 fully saturated rings. The van der Waals surface area contributed by atoms with E-state index in [0.717, 1.165) is 17.9 Å². The molecule has 24 heavy (non-hydrogen) atoms. The number of hydrogen-bond donors (Lipinski definition) is 1. The summed E-state index contributed by atoms with van der Waals surface area (Å²) < 4.78 is 5.50. The van der Waals surface area contributed by atoms with Gasteiger partial charge in [-0.05, 0) is 55.0 Å². The summed E-state index contributed by atoms with van der Waals surface area (Å²) in [5.74, 6) is 0.520. The van der Waals surface area contributed by atoms with Crippen LogP contribution in [-0.4, -0.2) is 25.5 Å². The normalized spacial score (nSPS) is 10.1. The van der Waals surface area contributed by atoms with E-state index in [1.165, 1.54) is 6.92 Å². The van der Waals surface area contributed by atoms with Crippen molar-refractivity contribution in [3.63, 3.8) is 0 Å². The first-order valence-electron chi connectivity index (χ1n) is 7.90. The second-order valence-electron chi connectivity index (χ2n) is 5.45. The first-order valence-corrected chi connectivity index (χ1v) is 7.90. The third kappa shape index (κ3) is 4.59. The molecular weight excluding hydrogens is 304 g/mol. The van der Waals surface area contributed by atoms with Crippen LogP contribution in [0.5, 0.6) is 5.75 Å². The molecule has 5 heteroatoms. The lowest BCUT2D eigenvalue weighted by Gasteiger charge is -2.15. The smallest absolute Gasteiger partial charge is 0.255 e. The van der Waals surface area contributed by atoms with Crippen molar-refractivity contribution in [2.24, 2.45) is 0 Å². The van der Waals surface area contributed by atoms with Gasteiger partial charge in [0.15, 0.2) is 0 Å². The monoisotopic (exact) mass is 326 g/mol. The molecule has 0 unspecified atom stereocenters. The van der Waals surface area contributed by atoms with E-state index in [1.807, 2.05) is 6.92 Å². The summed E-state index contributed by atoms with van der Waals surface area (Å²) in [4.78, 5) is 25.1. The Bertz CT molecular complexity index is 694. The van der Waals surface area contributed by atoms with Crippen LogP contribution in [0.2, 0.25) is 0 Å². The lowest BCUT2D eigenvalue weighted by Crippen LogP contribution is -2.22. The molecule has 1 N–H and O–H groups in total. The second kappa shape index (κ2) is 8.15. The topological polar surface area (TPSA) is 58.6 Å². The van der Waals surface area contributed by atoms with Crippen molar-refractivity contribution >= 4 is 23.2 Å². The van der Waals surface area contributed by atoms with Crippen LogP contribution in [0.1, 0.15) is 30.6 Å². The van der Waals surface area contributed by atoms with Crippen molar-refractivity contribution in [3.8, 4) is 5.75 Å². The molecule has 0 spiro atoms. The zero-order chi connectivity index (χ0) is 17.5. The molecule has 5 nitrogen and oxygen atoms in total. The van der Waals surface area contributed by atoms with E-state index in [0.29, 0.717) is 17.9 Å². The number of rotatable bonds is 6. The highest BCUT2D eigenvalue weighted by atomic mass is 16.5. The lowest BCUT2D eigenvalue weighted by atomic mass is 10.2. The van der Waals surface area contributed by atoms with Gasteiger partial charge in [0, 0.05) is 30.9 Å². The molecule has 0 aliphatic heterocycles. The minimum atomic E-state index is -0.190. The van der Waals surface area contributed by atoms with Gasteiger partial charge < -0.3 is 15.0 Å². The van der Waals surface area contributed by atoms with Gasteiger partial charge in [-0.1, -0.05) is 6.92 Å². The number of ether oxygens (including phenoxy) is 1. The Hall–Kier alpha value is -2.82. The van der Waals surface area contributed by atoms with Crippen molar-refractivity contribution in [1.29, 1.82) is 0 Å². The standard InChI is InChI=1S/C19H22N2O3/c1-4-13-24-18-11-5-15(6-12-18)19(23)20-16-7-9-17(10-8-16)21(3)14(2)22/h5-12H,4,13H2,1-3H3,(H,20,23). The summed E-state index contributed by atoms with van der Waals surface area (Å²) >= 11 is 0. The molecule has 0 aliphatic carbocycles. The Labute approximate surface area is 142 Å². The van der Waals surface area contributed by atoms with Gasteiger partial charge in [-0.3, -0.25) is 9.59 Å². The maximum atomic E-state index is 12.2. The van der Waals surface area contributed by atoms with Gasteiger partial charge in [-0.15, -0.1) is 0 Å². The fraction of sp³-hybridized carbons (Fsp3) is 0.263. The Morgan fingerprint density at radius 2 is 1.67 bits per heavy atom. The van der Waals surface area contributed by atoms with E-state index in [2.05, 4.69) is 5.32 Å². The SMILES string of the molecule is CCCOc1ccc(C(=O)Nc2ccc(N(C)C(C)=O)cc2)cc1. The Kier molecular flexibility index (Phi) is 5.95. The molecule has 0 heterocycles. The summed E-state index contributed by atoms with van der Waals surface area (Å²) in [6.45, 7) is 4.21. The van der Waals surface area contributed by atoms with E-state index in [4.69, 9.17) is 4.74 Å². The number of hydrogen-bond acceptors (Lipinski definition) is 3. The van der Waals surface area contributed by atoms with Crippen LogP contribution in [-0.2, 0) is 4.79 Å². The van der Waals surface area contributed by atoms with Crippen molar-refractivity contribution in [2.45, 2.75) is 20.3 Å². The summed E-state index contributed by atoms with van der Waals surface area (Å²) in [7, 11) is 1.71. The minimum absolute atomic E-state index is 0.0443. The van der Waals surface area contributed by atoms with Gasteiger partial charge in [-0.2, -0.15) is 0 Å². The van der Waals surface area contributed by atoms with Crippen LogP contribution >= 0.6 is 0 Å². The highest BCUT2D eigenvalue weighted by Crippen LogP contribution is 2.18. The average Bonchev–Trinajstić information content (AvgIpc) is 2.60. The number of nitrogens with one attached hydrogen (secondary N) is 1. The predicted molar refractivity (Wildman–Crippen MR) is 95.7 cm³/mol. The van der Waals surface area contributed by atoms with E-state index in [-0.39, 0.29) is 11.8 Å². The zero-order valence-electron chi connectivity index (χ0n) is 14.2. The van der Waals surface area contributed by atoms with Gasteiger partial charge >= 0.3 is 0 Å². The maximum absolute atomic E-state index is 12.2. The summed E-state index contributed by atoms with van der Waals surface area (Å²) in [5, 5.41) is 2.83. The van der Waals surface area contributed by atoms with E-state index < -0.39 is 0 Å². The molecule has 126 valence electrons. The van der Waals surface area contributed by atoms with Gasteiger partial charge in [0.05, 0.1) is 6.61 Å². The molecule has 2 aromatic rings. The van der Waals surface area contributed by atoms with Crippen LogP contribution in [0.4, 0.5) is 11.4 Å². The lowest BCUT2D eigenvalue weighted by molar-refractivity contribution is -0.116. The van der Waals surface area contributed by atoms with Crippen LogP contribution < -0.4 is 15.0 Å². The quantitative estimate of drug-likeness (QED) is 0.880. The second-order valence-corrected chi connectivity index (χ2v) is 5.45.